The summed E-state index contributed by atoms with van der Waals surface area (Å²) in [6, 6.07) is 6.52. The Morgan fingerprint density at radius 1 is 1.14 bits per heavy atom. The summed E-state index contributed by atoms with van der Waals surface area (Å²) < 4.78 is 22.2. The summed E-state index contributed by atoms with van der Waals surface area (Å²) >= 11 is 0. The number of unbranched alkanes of at least 4 members (excludes halogenated alkanes) is 2. The Morgan fingerprint density at radius 3 is 2.38 bits per heavy atom. The Kier molecular flexibility index (Phi) is 7.39. The van der Waals surface area contributed by atoms with Crippen molar-refractivity contribution in [2.45, 2.75) is 50.3 Å². The van der Waals surface area contributed by atoms with Crippen LogP contribution in [0.2, 0.25) is 0 Å². The van der Waals surface area contributed by atoms with Crippen LogP contribution in [0, 0.1) is 0 Å². The standard InChI is InChI=1S/C15H24N2O3S/c1-2-3-4-7-15(18)17-12-5-6-13-8-10-14(11-9-13)21(16,19)20/h8-11H,2-7,12H2,1H3,(H,17,18)(H2,16,19,20). The van der Waals surface area contributed by atoms with Crippen LogP contribution in [0.1, 0.15) is 44.6 Å². The van der Waals surface area contributed by atoms with Crippen LogP contribution in [0.4, 0.5) is 0 Å². The molecule has 0 aliphatic heterocycles. The van der Waals surface area contributed by atoms with E-state index in [0.29, 0.717) is 13.0 Å². The molecular weight excluding hydrogens is 288 g/mol. The van der Waals surface area contributed by atoms with Crippen molar-refractivity contribution in [3.05, 3.63) is 29.8 Å². The summed E-state index contributed by atoms with van der Waals surface area (Å²) in [4.78, 5) is 11.6. The lowest BCUT2D eigenvalue weighted by Gasteiger charge is -2.06. The topological polar surface area (TPSA) is 89.3 Å². The molecule has 0 radical (unpaired) electrons. The first-order chi connectivity index (χ1) is 9.93. The van der Waals surface area contributed by atoms with Crippen molar-refractivity contribution in [2.75, 3.05) is 6.54 Å². The van der Waals surface area contributed by atoms with Crippen molar-refractivity contribution in [2.24, 2.45) is 5.14 Å². The predicted octanol–water partition coefficient (Wildman–Crippen LogP) is 1.96. The maximum Gasteiger partial charge on any atom is 0.238 e. The van der Waals surface area contributed by atoms with Gasteiger partial charge in [0.05, 0.1) is 4.90 Å². The molecule has 6 heteroatoms. The van der Waals surface area contributed by atoms with Crippen LogP contribution in [-0.4, -0.2) is 20.9 Å². The summed E-state index contributed by atoms with van der Waals surface area (Å²) in [5.41, 5.74) is 1.03. The fraction of sp³-hybridized carbons (Fsp3) is 0.533. The van der Waals surface area contributed by atoms with Gasteiger partial charge in [-0.25, -0.2) is 13.6 Å². The Bertz CT molecular complexity index is 539. The largest absolute Gasteiger partial charge is 0.356 e. The Hall–Kier alpha value is -1.40. The van der Waals surface area contributed by atoms with Crippen LogP contribution in [0.25, 0.3) is 0 Å². The third-order valence-electron chi connectivity index (χ3n) is 3.22. The van der Waals surface area contributed by atoms with E-state index >= 15 is 0 Å². The molecule has 0 saturated carbocycles. The Morgan fingerprint density at radius 2 is 1.81 bits per heavy atom. The van der Waals surface area contributed by atoms with Gasteiger partial charge >= 0.3 is 0 Å². The maximum atomic E-state index is 11.5. The molecule has 5 nitrogen and oxygen atoms in total. The molecule has 1 aromatic carbocycles. The summed E-state index contributed by atoms with van der Waals surface area (Å²) in [7, 11) is -3.62. The lowest BCUT2D eigenvalue weighted by molar-refractivity contribution is -0.121. The number of carbonyl (C=O) groups excluding carboxylic acids is 1. The van der Waals surface area contributed by atoms with Crippen LogP contribution < -0.4 is 10.5 Å². The number of amides is 1. The van der Waals surface area contributed by atoms with E-state index in [2.05, 4.69) is 12.2 Å². The lowest BCUT2D eigenvalue weighted by Crippen LogP contribution is -2.24. The minimum atomic E-state index is -3.62. The fourth-order valence-corrected chi connectivity index (χ4v) is 2.51. The van der Waals surface area contributed by atoms with Gasteiger partial charge in [-0.2, -0.15) is 0 Å². The zero-order valence-electron chi connectivity index (χ0n) is 12.5. The summed E-state index contributed by atoms with van der Waals surface area (Å²) in [5, 5.41) is 7.93. The zero-order valence-corrected chi connectivity index (χ0v) is 13.3. The van der Waals surface area contributed by atoms with E-state index in [-0.39, 0.29) is 10.8 Å². The predicted molar refractivity (Wildman–Crippen MR) is 83.3 cm³/mol. The second-order valence-electron chi connectivity index (χ2n) is 5.10. The van der Waals surface area contributed by atoms with Crippen molar-refractivity contribution in [3.63, 3.8) is 0 Å². The molecule has 0 unspecified atom stereocenters. The number of sulfonamides is 1. The number of hydrogen-bond donors (Lipinski definition) is 2. The third-order valence-corrected chi connectivity index (χ3v) is 4.15. The molecule has 21 heavy (non-hydrogen) atoms. The molecule has 0 aliphatic rings. The molecule has 0 aliphatic carbocycles. The zero-order chi connectivity index (χ0) is 15.7. The van der Waals surface area contributed by atoms with Gasteiger partial charge in [0, 0.05) is 13.0 Å². The minimum Gasteiger partial charge on any atom is -0.356 e. The van der Waals surface area contributed by atoms with Crippen molar-refractivity contribution in [3.8, 4) is 0 Å². The van der Waals surface area contributed by atoms with E-state index in [0.717, 1.165) is 37.7 Å². The number of hydrogen-bond acceptors (Lipinski definition) is 3. The first-order valence-corrected chi connectivity index (χ1v) is 8.86. The highest BCUT2D eigenvalue weighted by atomic mass is 32.2. The van der Waals surface area contributed by atoms with Crippen LogP contribution in [0.15, 0.2) is 29.2 Å². The summed E-state index contributed by atoms with van der Waals surface area (Å²) in [6.45, 7) is 2.75. The van der Waals surface area contributed by atoms with Gasteiger partial charge < -0.3 is 5.32 Å². The molecule has 1 amide bonds. The minimum absolute atomic E-state index is 0.105. The van der Waals surface area contributed by atoms with Crippen LogP contribution in [-0.2, 0) is 21.2 Å². The molecule has 0 heterocycles. The maximum absolute atomic E-state index is 11.5. The van der Waals surface area contributed by atoms with E-state index in [1.165, 1.54) is 12.1 Å². The van der Waals surface area contributed by atoms with Crippen molar-refractivity contribution in [1.29, 1.82) is 0 Å². The van der Waals surface area contributed by atoms with E-state index in [1.54, 1.807) is 12.1 Å². The molecule has 0 spiro atoms. The lowest BCUT2D eigenvalue weighted by atomic mass is 10.1. The van der Waals surface area contributed by atoms with E-state index in [4.69, 9.17) is 5.14 Å². The number of benzene rings is 1. The molecule has 0 atom stereocenters. The van der Waals surface area contributed by atoms with Gasteiger partial charge in [-0.15, -0.1) is 0 Å². The van der Waals surface area contributed by atoms with Crippen LogP contribution in [0.5, 0.6) is 0 Å². The number of carbonyl (C=O) groups is 1. The molecular formula is C15H24N2O3S. The number of aryl methyl sites for hydroxylation is 1. The third kappa shape index (κ3) is 7.24. The summed E-state index contributed by atoms with van der Waals surface area (Å²) in [5.74, 6) is 0.105. The monoisotopic (exact) mass is 312 g/mol. The smallest absolute Gasteiger partial charge is 0.238 e. The van der Waals surface area contributed by atoms with E-state index in [1.807, 2.05) is 0 Å². The van der Waals surface area contributed by atoms with E-state index in [9.17, 15) is 13.2 Å². The van der Waals surface area contributed by atoms with Gasteiger partial charge in [0.25, 0.3) is 0 Å². The van der Waals surface area contributed by atoms with E-state index < -0.39 is 10.0 Å². The molecule has 1 aromatic rings. The van der Waals surface area contributed by atoms with Crippen molar-refractivity contribution in [1.82, 2.24) is 5.32 Å². The van der Waals surface area contributed by atoms with Crippen LogP contribution >= 0.6 is 0 Å². The fourth-order valence-electron chi connectivity index (χ4n) is 1.99. The van der Waals surface area contributed by atoms with Gasteiger partial charge in [-0.3, -0.25) is 4.79 Å². The second kappa shape index (κ2) is 8.79. The van der Waals surface area contributed by atoms with Gasteiger partial charge in [0.1, 0.15) is 0 Å². The molecule has 3 N–H and O–H groups in total. The van der Waals surface area contributed by atoms with Crippen LogP contribution in [0.3, 0.4) is 0 Å². The highest BCUT2D eigenvalue weighted by Gasteiger charge is 2.06. The second-order valence-corrected chi connectivity index (χ2v) is 6.66. The Labute approximate surface area is 127 Å². The molecule has 0 fully saturated rings. The number of nitrogens with one attached hydrogen (secondary N) is 1. The van der Waals surface area contributed by atoms with Crippen molar-refractivity contribution < 1.29 is 13.2 Å². The van der Waals surface area contributed by atoms with Gasteiger partial charge in [-0.05, 0) is 37.0 Å². The molecule has 0 bridgehead atoms. The van der Waals surface area contributed by atoms with Gasteiger partial charge in [0.2, 0.25) is 15.9 Å². The average Bonchev–Trinajstić information content (AvgIpc) is 2.43. The Balaban J connectivity index is 2.25. The number of nitrogens with two attached hydrogens (primary N) is 1. The summed E-state index contributed by atoms with van der Waals surface area (Å²) in [6.07, 6.45) is 5.36. The molecule has 0 saturated heterocycles. The van der Waals surface area contributed by atoms with Gasteiger partial charge in [-0.1, -0.05) is 31.9 Å². The average molecular weight is 312 g/mol. The molecule has 118 valence electrons. The highest BCUT2D eigenvalue weighted by molar-refractivity contribution is 7.89. The molecule has 1 rings (SSSR count). The highest BCUT2D eigenvalue weighted by Crippen LogP contribution is 2.10. The quantitative estimate of drug-likeness (QED) is 0.683. The first-order valence-electron chi connectivity index (χ1n) is 7.32. The molecule has 0 aromatic heterocycles. The number of primary sulfonamides is 1. The first kappa shape index (κ1) is 17.7. The number of rotatable bonds is 9. The van der Waals surface area contributed by atoms with Gasteiger partial charge in [0.15, 0.2) is 0 Å². The van der Waals surface area contributed by atoms with Crippen molar-refractivity contribution >= 4 is 15.9 Å². The SMILES string of the molecule is CCCCCC(=O)NCCCc1ccc(S(N)(=O)=O)cc1. The normalized spacial score (nSPS) is 11.3.